The third kappa shape index (κ3) is 4.29. The van der Waals surface area contributed by atoms with E-state index in [4.69, 9.17) is 0 Å². The SMILES string of the molecule is CCC(=O)Nc1ccc(NS(=O)(=O)c2ccc(Br)s2)cc1. The van der Waals surface area contributed by atoms with Crippen LogP contribution in [0.15, 0.2) is 44.4 Å². The normalized spacial score (nSPS) is 11.1. The molecular formula is C13H13BrN2O3S2. The van der Waals surface area contributed by atoms with Gasteiger partial charge < -0.3 is 5.32 Å². The van der Waals surface area contributed by atoms with Crippen LogP contribution in [0.2, 0.25) is 0 Å². The minimum atomic E-state index is -3.58. The van der Waals surface area contributed by atoms with Crippen molar-refractivity contribution < 1.29 is 13.2 Å². The van der Waals surface area contributed by atoms with Crippen molar-refractivity contribution in [3.63, 3.8) is 0 Å². The molecule has 0 fully saturated rings. The molecule has 1 amide bonds. The quantitative estimate of drug-likeness (QED) is 0.820. The van der Waals surface area contributed by atoms with Crippen molar-refractivity contribution in [2.45, 2.75) is 17.6 Å². The lowest BCUT2D eigenvalue weighted by molar-refractivity contribution is -0.115. The van der Waals surface area contributed by atoms with Crippen molar-refractivity contribution in [1.82, 2.24) is 0 Å². The van der Waals surface area contributed by atoms with Gasteiger partial charge in [-0.1, -0.05) is 6.92 Å². The minimum Gasteiger partial charge on any atom is -0.326 e. The van der Waals surface area contributed by atoms with Gasteiger partial charge >= 0.3 is 0 Å². The average molecular weight is 389 g/mol. The summed E-state index contributed by atoms with van der Waals surface area (Å²) in [6, 6.07) is 9.72. The summed E-state index contributed by atoms with van der Waals surface area (Å²) in [4.78, 5) is 11.3. The van der Waals surface area contributed by atoms with Crippen LogP contribution in [-0.2, 0) is 14.8 Å². The van der Waals surface area contributed by atoms with Gasteiger partial charge in [0.1, 0.15) is 4.21 Å². The van der Waals surface area contributed by atoms with Crippen LogP contribution >= 0.6 is 27.3 Å². The number of thiophene rings is 1. The Morgan fingerprint density at radius 2 is 1.76 bits per heavy atom. The largest absolute Gasteiger partial charge is 0.326 e. The lowest BCUT2D eigenvalue weighted by atomic mass is 10.3. The van der Waals surface area contributed by atoms with Gasteiger partial charge in [-0.2, -0.15) is 0 Å². The summed E-state index contributed by atoms with van der Waals surface area (Å²) in [5.41, 5.74) is 1.07. The number of nitrogens with one attached hydrogen (secondary N) is 2. The molecule has 0 bridgehead atoms. The van der Waals surface area contributed by atoms with Crippen molar-refractivity contribution in [2.24, 2.45) is 0 Å². The maximum Gasteiger partial charge on any atom is 0.271 e. The predicted octanol–water partition coefficient (Wildman–Crippen LogP) is 3.66. The van der Waals surface area contributed by atoms with Gasteiger partial charge in [0, 0.05) is 17.8 Å². The fourth-order valence-corrected chi connectivity index (χ4v) is 4.59. The number of hydrogen-bond acceptors (Lipinski definition) is 4. The van der Waals surface area contributed by atoms with E-state index < -0.39 is 10.0 Å². The van der Waals surface area contributed by atoms with E-state index >= 15 is 0 Å². The zero-order chi connectivity index (χ0) is 15.5. The predicted molar refractivity (Wildman–Crippen MR) is 88.2 cm³/mol. The molecule has 0 unspecified atom stereocenters. The summed E-state index contributed by atoms with van der Waals surface area (Å²) in [7, 11) is -3.58. The van der Waals surface area contributed by atoms with Crippen LogP contribution in [0.3, 0.4) is 0 Å². The van der Waals surface area contributed by atoms with Crippen molar-refractivity contribution in [2.75, 3.05) is 10.0 Å². The van der Waals surface area contributed by atoms with E-state index in [2.05, 4.69) is 26.0 Å². The highest BCUT2D eigenvalue weighted by Crippen LogP contribution is 2.27. The first-order valence-electron chi connectivity index (χ1n) is 6.09. The Morgan fingerprint density at radius 3 is 2.29 bits per heavy atom. The monoisotopic (exact) mass is 388 g/mol. The van der Waals surface area contributed by atoms with Gasteiger partial charge in [-0.15, -0.1) is 11.3 Å². The van der Waals surface area contributed by atoms with E-state index in [9.17, 15) is 13.2 Å². The standard InChI is InChI=1S/C13H13BrN2O3S2/c1-2-12(17)15-9-3-5-10(6-4-9)16-21(18,19)13-8-7-11(14)20-13/h3-8,16H,2H2,1H3,(H,15,17). The van der Waals surface area contributed by atoms with E-state index in [1.807, 2.05) is 0 Å². The number of halogens is 1. The number of carbonyl (C=O) groups excluding carboxylic acids is 1. The molecule has 112 valence electrons. The van der Waals surface area contributed by atoms with Crippen molar-refractivity contribution in [3.8, 4) is 0 Å². The molecule has 5 nitrogen and oxygen atoms in total. The first kappa shape index (κ1) is 16.0. The maximum absolute atomic E-state index is 12.1. The highest BCUT2D eigenvalue weighted by atomic mass is 79.9. The van der Waals surface area contributed by atoms with Crippen molar-refractivity contribution in [1.29, 1.82) is 0 Å². The van der Waals surface area contributed by atoms with Crippen LogP contribution < -0.4 is 10.0 Å². The molecule has 1 aromatic heterocycles. The Kier molecular flexibility index (Phi) is 5.02. The van der Waals surface area contributed by atoms with E-state index in [1.165, 1.54) is 6.07 Å². The van der Waals surface area contributed by atoms with Gasteiger partial charge in [0.2, 0.25) is 5.91 Å². The first-order chi connectivity index (χ1) is 9.90. The number of benzene rings is 1. The van der Waals surface area contributed by atoms with Crippen LogP contribution in [0.5, 0.6) is 0 Å². The molecule has 0 spiro atoms. The fourth-order valence-electron chi connectivity index (χ4n) is 1.52. The Balaban J connectivity index is 2.11. The average Bonchev–Trinajstić information content (AvgIpc) is 2.88. The lowest BCUT2D eigenvalue weighted by Gasteiger charge is -2.08. The Labute approximate surface area is 135 Å². The summed E-state index contributed by atoms with van der Waals surface area (Å²) < 4.78 is 27.7. The number of hydrogen-bond donors (Lipinski definition) is 2. The highest BCUT2D eigenvalue weighted by molar-refractivity contribution is 9.11. The molecule has 0 aliphatic heterocycles. The van der Waals surface area contributed by atoms with E-state index in [0.29, 0.717) is 17.8 Å². The zero-order valence-corrected chi connectivity index (χ0v) is 14.3. The van der Waals surface area contributed by atoms with E-state index in [-0.39, 0.29) is 10.1 Å². The Hall–Kier alpha value is -1.38. The zero-order valence-electron chi connectivity index (χ0n) is 11.1. The van der Waals surface area contributed by atoms with E-state index in [0.717, 1.165) is 15.1 Å². The van der Waals surface area contributed by atoms with Gasteiger partial charge in [0.05, 0.1) is 3.79 Å². The smallest absolute Gasteiger partial charge is 0.271 e. The number of rotatable bonds is 5. The number of carbonyl (C=O) groups is 1. The van der Waals surface area contributed by atoms with Crippen LogP contribution in [0.25, 0.3) is 0 Å². The molecule has 2 rings (SSSR count). The number of anilines is 2. The van der Waals surface area contributed by atoms with E-state index in [1.54, 1.807) is 37.3 Å². The Morgan fingerprint density at radius 1 is 1.14 bits per heavy atom. The summed E-state index contributed by atoms with van der Waals surface area (Å²) in [6.45, 7) is 1.76. The molecule has 0 radical (unpaired) electrons. The first-order valence-corrected chi connectivity index (χ1v) is 9.18. The number of sulfonamides is 1. The van der Waals surface area contributed by atoms with Gasteiger partial charge in [-0.25, -0.2) is 8.42 Å². The summed E-state index contributed by atoms with van der Waals surface area (Å²) in [5, 5.41) is 2.70. The second-order valence-corrected chi connectivity index (χ2v) is 8.52. The molecule has 0 atom stereocenters. The maximum atomic E-state index is 12.1. The van der Waals surface area contributed by atoms with Crippen molar-refractivity contribution in [3.05, 3.63) is 40.2 Å². The lowest BCUT2D eigenvalue weighted by Crippen LogP contribution is -2.12. The molecule has 0 aliphatic carbocycles. The van der Waals surface area contributed by atoms with Crippen LogP contribution in [0.4, 0.5) is 11.4 Å². The third-order valence-corrected chi connectivity index (χ3v) is 6.05. The van der Waals surface area contributed by atoms with Crippen LogP contribution in [0, 0.1) is 0 Å². The molecule has 0 saturated heterocycles. The molecule has 2 N–H and O–H groups in total. The molecule has 2 aromatic rings. The molecule has 8 heteroatoms. The third-order valence-electron chi connectivity index (χ3n) is 2.56. The fraction of sp³-hybridized carbons (Fsp3) is 0.154. The summed E-state index contributed by atoms with van der Waals surface area (Å²) in [6.07, 6.45) is 0.391. The number of amides is 1. The van der Waals surface area contributed by atoms with Gasteiger partial charge in [0.25, 0.3) is 10.0 Å². The second kappa shape index (κ2) is 6.59. The highest BCUT2D eigenvalue weighted by Gasteiger charge is 2.16. The minimum absolute atomic E-state index is 0.0910. The molecule has 1 aromatic carbocycles. The van der Waals surface area contributed by atoms with Gasteiger partial charge in [0.15, 0.2) is 0 Å². The summed E-state index contributed by atoms with van der Waals surface area (Å²) in [5.74, 6) is -0.0910. The topological polar surface area (TPSA) is 75.3 Å². The Bertz CT molecular complexity index is 739. The van der Waals surface area contributed by atoms with Crippen LogP contribution in [-0.4, -0.2) is 14.3 Å². The molecule has 1 heterocycles. The molecule has 0 aliphatic rings. The molecular weight excluding hydrogens is 376 g/mol. The van der Waals surface area contributed by atoms with Crippen LogP contribution in [0.1, 0.15) is 13.3 Å². The summed E-state index contributed by atoms with van der Waals surface area (Å²) >= 11 is 4.37. The second-order valence-electron chi connectivity index (χ2n) is 4.14. The van der Waals surface area contributed by atoms with Gasteiger partial charge in [-0.05, 0) is 52.3 Å². The van der Waals surface area contributed by atoms with Crippen molar-refractivity contribution >= 4 is 54.6 Å². The van der Waals surface area contributed by atoms with Gasteiger partial charge in [-0.3, -0.25) is 9.52 Å². The molecule has 0 saturated carbocycles. The molecule has 21 heavy (non-hydrogen) atoms.